The number of benzene rings is 1. The molecule has 1 atom stereocenters. The van der Waals surface area contributed by atoms with E-state index in [1.165, 1.54) is 0 Å². The minimum atomic E-state index is -0.699. The Kier molecular flexibility index (Phi) is 5.47. The van der Waals surface area contributed by atoms with Gasteiger partial charge in [-0.2, -0.15) is 5.26 Å². The van der Waals surface area contributed by atoms with Crippen LogP contribution in [0.25, 0.3) is 0 Å². The standard InChI is InChI=1S/C19H17Cl2N3O3/c1-10-7-15-17(19(25)24(10)5-6-26-2)16(12(9-22)18(23)27-15)11-3-4-13(20)14(21)8-11/h3-4,7-8,16H,5-6,23H2,1-2H3/t16-/m1/s1. The van der Waals surface area contributed by atoms with Gasteiger partial charge in [-0.05, 0) is 24.6 Å². The molecule has 0 aliphatic carbocycles. The first kappa shape index (κ1) is 19.3. The molecule has 0 saturated heterocycles. The van der Waals surface area contributed by atoms with E-state index >= 15 is 0 Å². The van der Waals surface area contributed by atoms with E-state index in [9.17, 15) is 10.1 Å². The summed E-state index contributed by atoms with van der Waals surface area (Å²) in [5.41, 5.74) is 7.52. The molecule has 2 aromatic rings. The number of nitrogens with zero attached hydrogens (tertiary/aromatic N) is 2. The molecule has 2 N–H and O–H groups in total. The van der Waals surface area contributed by atoms with Crippen molar-refractivity contribution in [2.24, 2.45) is 5.73 Å². The lowest BCUT2D eigenvalue weighted by atomic mass is 9.84. The molecule has 0 saturated carbocycles. The summed E-state index contributed by atoms with van der Waals surface area (Å²) in [4.78, 5) is 13.2. The molecule has 0 unspecified atom stereocenters. The van der Waals surface area contributed by atoms with Gasteiger partial charge in [0.15, 0.2) is 0 Å². The molecule has 27 heavy (non-hydrogen) atoms. The van der Waals surface area contributed by atoms with Gasteiger partial charge in [0.25, 0.3) is 5.56 Å². The van der Waals surface area contributed by atoms with E-state index < -0.39 is 5.92 Å². The Labute approximate surface area is 166 Å². The number of nitriles is 1. The van der Waals surface area contributed by atoms with E-state index in [4.69, 9.17) is 38.4 Å². The third-order valence-corrected chi connectivity index (χ3v) is 5.22. The highest BCUT2D eigenvalue weighted by molar-refractivity contribution is 6.42. The average molecular weight is 406 g/mol. The maximum absolute atomic E-state index is 13.2. The number of pyridine rings is 1. The molecule has 0 spiro atoms. The van der Waals surface area contributed by atoms with Gasteiger partial charge in [-0.15, -0.1) is 0 Å². The van der Waals surface area contributed by atoms with E-state index in [1.54, 1.807) is 42.9 Å². The summed E-state index contributed by atoms with van der Waals surface area (Å²) in [7, 11) is 1.57. The van der Waals surface area contributed by atoms with Crippen LogP contribution in [0.15, 0.2) is 40.5 Å². The fraction of sp³-hybridized carbons (Fsp3) is 0.263. The first-order chi connectivity index (χ1) is 12.9. The van der Waals surface area contributed by atoms with Gasteiger partial charge < -0.3 is 19.8 Å². The highest BCUT2D eigenvalue weighted by atomic mass is 35.5. The Hall–Kier alpha value is -2.46. The topological polar surface area (TPSA) is 90.3 Å². The van der Waals surface area contributed by atoms with Crippen LogP contribution in [0.4, 0.5) is 0 Å². The fourth-order valence-electron chi connectivity index (χ4n) is 3.17. The van der Waals surface area contributed by atoms with E-state index in [-0.39, 0.29) is 17.0 Å². The molecule has 2 heterocycles. The normalized spacial score (nSPS) is 15.9. The summed E-state index contributed by atoms with van der Waals surface area (Å²) in [6.45, 7) is 2.55. The van der Waals surface area contributed by atoms with Gasteiger partial charge >= 0.3 is 0 Å². The Morgan fingerprint density at radius 1 is 1.33 bits per heavy atom. The molecular formula is C19H17Cl2N3O3. The van der Waals surface area contributed by atoms with Crippen LogP contribution >= 0.6 is 23.2 Å². The SMILES string of the molecule is COCCn1c(C)cc2c(c1=O)[C@H](c1ccc(Cl)c(Cl)c1)C(C#N)=C(N)O2. The highest BCUT2D eigenvalue weighted by Gasteiger charge is 2.34. The minimum Gasteiger partial charge on any atom is -0.440 e. The van der Waals surface area contributed by atoms with Crippen molar-refractivity contribution < 1.29 is 9.47 Å². The van der Waals surface area contributed by atoms with E-state index in [2.05, 4.69) is 6.07 Å². The molecule has 0 amide bonds. The number of ether oxygens (including phenoxy) is 2. The zero-order chi connectivity index (χ0) is 19.7. The quantitative estimate of drug-likeness (QED) is 0.841. The van der Waals surface area contributed by atoms with Crippen molar-refractivity contribution in [2.45, 2.75) is 19.4 Å². The number of allylic oxidation sites excluding steroid dienone is 1. The first-order valence-corrected chi connectivity index (χ1v) is 8.90. The Morgan fingerprint density at radius 3 is 2.70 bits per heavy atom. The van der Waals surface area contributed by atoms with Gasteiger partial charge in [-0.1, -0.05) is 29.3 Å². The monoisotopic (exact) mass is 405 g/mol. The minimum absolute atomic E-state index is 0.0329. The van der Waals surface area contributed by atoms with Crippen molar-refractivity contribution in [3.63, 3.8) is 0 Å². The Morgan fingerprint density at radius 2 is 2.07 bits per heavy atom. The lowest BCUT2D eigenvalue weighted by molar-refractivity contribution is 0.185. The van der Waals surface area contributed by atoms with Crippen molar-refractivity contribution in [3.05, 3.63) is 72.9 Å². The van der Waals surface area contributed by atoms with E-state index in [1.807, 2.05) is 0 Å². The number of aromatic nitrogens is 1. The second-order valence-electron chi connectivity index (χ2n) is 6.11. The van der Waals surface area contributed by atoms with Crippen LogP contribution < -0.4 is 16.0 Å². The second kappa shape index (κ2) is 7.65. The summed E-state index contributed by atoms with van der Waals surface area (Å²) >= 11 is 12.2. The third-order valence-electron chi connectivity index (χ3n) is 4.49. The van der Waals surface area contributed by atoms with Crippen LogP contribution in [-0.2, 0) is 11.3 Å². The molecule has 3 rings (SSSR count). The van der Waals surface area contributed by atoms with Gasteiger partial charge in [0, 0.05) is 25.4 Å². The van der Waals surface area contributed by atoms with Crippen LogP contribution in [0.3, 0.4) is 0 Å². The molecule has 1 aliphatic heterocycles. The maximum Gasteiger partial charge on any atom is 0.258 e. The molecule has 140 valence electrons. The van der Waals surface area contributed by atoms with E-state index in [0.717, 1.165) is 0 Å². The predicted molar refractivity (Wildman–Crippen MR) is 103 cm³/mol. The smallest absolute Gasteiger partial charge is 0.258 e. The largest absolute Gasteiger partial charge is 0.440 e. The predicted octanol–water partition coefficient (Wildman–Crippen LogP) is 3.33. The van der Waals surface area contributed by atoms with Crippen molar-refractivity contribution in [2.75, 3.05) is 13.7 Å². The van der Waals surface area contributed by atoms with Crippen LogP contribution in [0, 0.1) is 18.3 Å². The fourth-order valence-corrected chi connectivity index (χ4v) is 3.48. The lowest BCUT2D eigenvalue weighted by Crippen LogP contribution is -2.33. The first-order valence-electron chi connectivity index (χ1n) is 8.14. The molecule has 0 fully saturated rings. The summed E-state index contributed by atoms with van der Waals surface area (Å²) in [6.07, 6.45) is 0. The third kappa shape index (κ3) is 3.42. The zero-order valence-electron chi connectivity index (χ0n) is 14.8. The lowest BCUT2D eigenvalue weighted by Gasteiger charge is -2.27. The van der Waals surface area contributed by atoms with Crippen LogP contribution in [-0.4, -0.2) is 18.3 Å². The Balaban J connectivity index is 2.28. The van der Waals surface area contributed by atoms with Gasteiger partial charge in [0.05, 0.1) is 28.1 Å². The van der Waals surface area contributed by atoms with Gasteiger partial charge in [0.1, 0.15) is 17.4 Å². The number of halogens is 2. The molecule has 8 heteroatoms. The van der Waals surface area contributed by atoms with Gasteiger partial charge in [-0.3, -0.25) is 4.79 Å². The summed E-state index contributed by atoms with van der Waals surface area (Å²) in [5, 5.41) is 10.3. The van der Waals surface area contributed by atoms with Gasteiger partial charge in [-0.25, -0.2) is 0 Å². The number of aryl methyl sites for hydroxylation is 1. The number of nitrogens with two attached hydrogens (primary N) is 1. The van der Waals surface area contributed by atoms with Crippen molar-refractivity contribution in [1.82, 2.24) is 4.57 Å². The maximum atomic E-state index is 13.2. The van der Waals surface area contributed by atoms with Crippen molar-refractivity contribution in [1.29, 1.82) is 5.26 Å². The molecule has 1 aromatic carbocycles. The molecule has 1 aromatic heterocycles. The highest BCUT2D eigenvalue weighted by Crippen LogP contribution is 2.41. The molecule has 6 nitrogen and oxygen atoms in total. The number of methoxy groups -OCH3 is 1. The Bertz CT molecular complexity index is 1040. The molecule has 1 aliphatic rings. The van der Waals surface area contributed by atoms with Gasteiger partial charge in [0.2, 0.25) is 5.88 Å². The van der Waals surface area contributed by atoms with Crippen molar-refractivity contribution >= 4 is 23.2 Å². The number of fused-ring (bicyclic) bond motifs is 1. The van der Waals surface area contributed by atoms with Crippen LogP contribution in [0.1, 0.15) is 22.7 Å². The van der Waals surface area contributed by atoms with Crippen LogP contribution in [0.5, 0.6) is 5.75 Å². The van der Waals surface area contributed by atoms with Crippen LogP contribution in [0.2, 0.25) is 10.0 Å². The summed E-state index contributed by atoms with van der Waals surface area (Å²) in [6, 6.07) is 8.77. The molecule has 0 radical (unpaired) electrons. The second-order valence-corrected chi connectivity index (χ2v) is 6.93. The number of hydrogen-bond donors (Lipinski definition) is 1. The molecular weight excluding hydrogens is 389 g/mol. The van der Waals surface area contributed by atoms with Crippen molar-refractivity contribution in [3.8, 4) is 11.8 Å². The summed E-state index contributed by atoms with van der Waals surface area (Å²) < 4.78 is 12.3. The summed E-state index contributed by atoms with van der Waals surface area (Å²) in [5.74, 6) is -0.399. The molecule has 0 bridgehead atoms. The zero-order valence-corrected chi connectivity index (χ0v) is 16.3. The average Bonchev–Trinajstić information content (AvgIpc) is 2.63. The number of rotatable bonds is 4. The van der Waals surface area contributed by atoms with E-state index in [0.29, 0.717) is 45.8 Å². The number of hydrogen-bond acceptors (Lipinski definition) is 5.